The van der Waals surface area contributed by atoms with E-state index < -0.39 is 0 Å². The Morgan fingerprint density at radius 1 is 1.25 bits per heavy atom. The second kappa shape index (κ2) is 8.11. The number of hydrogen-bond acceptors (Lipinski definition) is 4. The summed E-state index contributed by atoms with van der Waals surface area (Å²) in [7, 11) is 1.63. The van der Waals surface area contributed by atoms with Crippen molar-refractivity contribution in [2.45, 2.75) is 11.3 Å². The molecular formula is C19H21NO3S. The lowest BCUT2D eigenvalue weighted by Crippen LogP contribution is -2.38. The highest BCUT2D eigenvalue weighted by molar-refractivity contribution is 7.99. The SMILES string of the molecule is COc1cccc2c1OC[C@@H](C(=O)NCCSc1ccccc1)C2. The Kier molecular flexibility index (Phi) is 5.64. The molecule has 1 heterocycles. The van der Waals surface area contributed by atoms with E-state index in [0.29, 0.717) is 19.6 Å². The minimum absolute atomic E-state index is 0.0529. The van der Waals surface area contributed by atoms with Gasteiger partial charge >= 0.3 is 0 Å². The number of ether oxygens (including phenoxy) is 2. The van der Waals surface area contributed by atoms with Crippen LogP contribution < -0.4 is 14.8 Å². The lowest BCUT2D eigenvalue weighted by Gasteiger charge is -2.25. The van der Waals surface area contributed by atoms with Crippen LogP contribution >= 0.6 is 11.8 Å². The summed E-state index contributed by atoms with van der Waals surface area (Å²) in [5.41, 5.74) is 1.03. The fourth-order valence-corrected chi connectivity index (χ4v) is 3.52. The Bertz CT molecular complexity index is 690. The Labute approximate surface area is 146 Å². The molecule has 0 fully saturated rings. The molecule has 1 N–H and O–H groups in total. The zero-order valence-electron chi connectivity index (χ0n) is 13.7. The molecular weight excluding hydrogens is 322 g/mol. The van der Waals surface area contributed by atoms with Crippen molar-refractivity contribution in [1.82, 2.24) is 5.32 Å². The molecule has 126 valence electrons. The first-order valence-corrected chi connectivity index (χ1v) is 9.00. The molecule has 0 aliphatic carbocycles. The zero-order valence-corrected chi connectivity index (χ0v) is 14.5. The summed E-state index contributed by atoms with van der Waals surface area (Å²) < 4.78 is 11.1. The quantitative estimate of drug-likeness (QED) is 0.646. The molecule has 1 aliphatic heterocycles. The summed E-state index contributed by atoms with van der Waals surface area (Å²) in [6.07, 6.45) is 0.685. The fourth-order valence-electron chi connectivity index (χ4n) is 2.73. The van der Waals surface area contributed by atoms with E-state index in [4.69, 9.17) is 9.47 Å². The second-order valence-corrected chi connectivity index (χ2v) is 6.78. The van der Waals surface area contributed by atoms with Gasteiger partial charge in [0.15, 0.2) is 11.5 Å². The number of thioether (sulfide) groups is 1. The first kappa shape index (κ1) is 16.7. The van der Waals surface area contributed by atoms with Crippen LogP contribution in [0.3, 0.4) is 0 Å². The number of carbonyl (C=O) groups excluding carboxylic acids is 1. The third kappa shape index (κ3) is 4.03. The minimum Gasteiger partial charge on any atom is -0.493 e. The van der Waals surface area contributed by atoms with Crippen molar-refractivity contribution >= 4 is 17.7 Å². The predicted octanol–water partition coefficient (Wildman–Crippen LogP) is 3.15. The second-order valence-electron chi connectivity index (χ2n) is 5.61. The van der Waals surface area contributed by atoms with Crippen molar-refractivity contribution in [3.8, 4) is 11.5 Å². The first-order valence-electron chi connectivity index (χ1n) is 8.02. The van der Waals surface area contributed by atoms with Crippen LogP contribution in [0.1, 0.15) is 5.56 Å². The highest BCUT2D eigenvalue weighted by Gasteiger charge is 2.27. The first-order chi connectivity index (χ1) is 11.8. The number of fused-ring (bicyclic) bond motifs is 1. The zero-order chi connectivity index (χ0) is 16.8. The molecule has 0 saturated carbocycles. The van der Waals surface area contributed by atoms with Gasteiger partial charge in [-0.05, 0) is 30.2 Å². The maximum absolute atomic E-state index is 12.3. The van der Waals surface area contributed by atoms with Gasteiger partial charge in [0, 0.05) is 17.2 Å². The van der Waals surface area contributed by atoms with E-state index >= 15 is 0 Å². The van der Waals surface area contributed by atoms with Crippen LogP contribution in [0, 0.1) is 5.92 Å². The lowest BCUT2D eigenvalue weighted by atomic mass is 9.95. The number of benzene rings is 2. The van der Waals surface area contributed by atoms with Gasteiger partial charge in [-0.25, -0.2) is 0 Å². The number of rotatable bonds is 6. The number of para-hydroxylation sites is 1. The molecule has 1 atom stereocenters. The van der Waals surface area contributed by atoms with Gasteiger partial charge in [-0.2, -0.15) is 0 Å². The highest BCUT2D eigenvalue weighted by atomic mass is 32.2. The molecule has 0 unspecified atom stereocenters. The maximum atomic E-state index is 12.3. The Hall–Kier alpha value is -2.14. The van der Waals surface area contributed by atoms with Gasteiger partial charge in [-0.15, -0.1) is 11.8 Å². The number of hydrogen-bond donors (Lipinski definition) is 1. The molecule has 2 aromatic carbocycles. The van der Waals surface area contributed by atoms with Crippen molar-refractivity contribution in [2.75, 3.05) is 26.0 Å². The molecule has 5 heteroatoms. The molecule has 24 heavy (non-hydrogen) atoms. The lowest BCUT2D eigenvalue weighted by molar-refractivity contribution is -0.126. The molecule has 1 amide bonds. The monoisotopic (exact) mass is 343 g/mol. The highest BCUT2D eigenvalue weighted by Crippen LogP contribution is 2.36. The van der Waals surface area contributed by atoms with Crippen LogP contribution in [-0.4, -0.2) is 31.9 Å². The van der Waals surface area contributed by atoms with E-state index in [0.717, 1.165) is 22.8 Å². The van der Waals surface area contributed by atoms with Gasteiger partial charge in [-0.3, -0.25) is 4.79 Å². The molecule has 1 aliphatic rings. The number of amides is 1. The number of carbonyl (C=O) groups is 1. The summed E-state index contributed by atoms with van der Waals surface area (Å²) in [6, 6.07) is 16.0. The number of methoxy groups -OCH3 is 1. The van der Waals surface area contributed by atoms with Gasteiger partial charge in [0.1, 0.15) is 6.61 Å². The van der Waals surface area contributed by atoms with Gasteiger partial charge in [0.2, 0.25) is 5.91 Å². The number of nitrogens with one attached hydrogen (secondary N) is 1. The van der Waals surface area contributed by atoms with Gasteiger partial charge in [0.05, 0.1) is 13.0 Å². The molecule has 0 saturated heterocycles. The maximum Gasteiger partial charge on any atom is 0.226 e. The van der Waals surface area contributed by atoms with Crippen molar-refractivity contribution in [2.24, 2.45) is 5.92 Å². The van der Waals surface area contributed by atoms with Crippen LogP contribution in [0.4, 0.5) is 0 Å². The molecule has 4 nitrogen and oxygen atoms in total. The molecule has 0 spiro atoms. The van der Waals surface area contributed by atoms with Crippen molar-refractivity contribution in [1.29, 1.82) is 0 Å². The van der Waals surface area contributed by atoms with Crippen molar-refractivity contribution < 1.29 is 14.3 Å². The molecule has 0 bridgehead atoms. The summed E-state index contributed by atoms with van der Waals surface area (Å²) in [4.78, 5) is 13.6. The average Bonchev–Trinajstić information content (AvgIpc) is 2.65. The van der Waals surface area contributed by atoms with Gasteiger partial charge < -0.3 is 14.8 Å². The summed E-state index contributed by atoms with van der Waals surface area (Å²) in [5, 5.41) is 3.01. The smallest absolute Gasteiger partial charge is 0.226 e. The van der Waals surface area contributed by atoms with Gasteiger partial charge in [0.25, 0.3) is 0 Å². The third-order valence-electron chi connectivity index (χ3n) is 3.96. The molecule has 3 rings (SSSR count). The van der Waals surface area contributed by atoms with Crippen LogP contribution in [0.5, 0.6) is 11.5 Å². The van der Waals surface area contributed by atoms with E-state index in [1.54, 1.807) is 18.9 Å². The topological polar surface area (TPSA) is 47.6 Å². The largest absolute Gasteiger partial charge is 0.493 e. The molecule has 2 aromatic rings. The standard InChI is InChI=1S/C19H21NO3S/c1-22-17-9-5-6-14-12-15(13-23-18(14)17)19(21)20-10-11-24-16-7-3-2-4-8-16/h2-9,15H,10-13H2,1H3,(H,20,21)/t15-/m0/s1. The summed E-state index contributed by atoms with van der Waals surface area (Å²) in [5.74, 6) is 2.26. The Balaban J connectivity index is 1.48. The third-order valence-corrected chi connectivity index (χ3v) is 4.97. The predicted molar refractivity (Wildman–Crippen MR) is 95.9 cm³/mol. The summed E-state index contributed by atoms with van der Waals surface area (Å²) in [6.45, 7) is 1.05. The average molecular weight is 343 g/mol. The van der Waals surface area contributed by atoms with E-state index in [-0.39, 0.29) is 11.8 Å². The normalized spacial score (nSPS) is 16.0. The van der Waals surface area contributed by atoms with Crippen molar-refractivity contribution in [3.05, 3.63) is 54.1 Å². The van der Waals surface area contributed by atoms with Crippen LogP contribution in [0.15, 0.2) is 53.4 Å². The van der Waals surface area contributed by atoms with Crippen LogP contribution in [0.25, 0.3) is 0 Å². The van der Waals surface area contributed by atoms with E-state index in [1.807, 2.05) is 36.4 Å². The van der Waals surface area contributed by atoms with Crippen LogP contribution in [0.2, 0.25) is 0 Å². The van der Waals surface area contributed by atoms with Crippen molar-refractivity contribution in [3.63, 3.8) is 0 Å². The summed E-state index contributed by atoms with van der Waals surface area (Å²) >= 11 is 1.74. The minimum atomic E-state index is -0.147. The molecule has 0 radical (unpaired) electrons. The van der Waals surface area contributed by atoms with Crippen LogP contribution in [-0.2, 0) is 11.2 Å². The fraction of sp³-hybridized carbons (Fsp3) is 0.316. The van der Waals surface area contributed by atoms with E-state index in [2.05, 4.69) is 17.4 Å². The Morgan fingerprint density at radius 3 is 2.88 bits per heavy atom. The molecule has 0 aromatic heterocycles. The van der Waals surface area contributed by atoms with E-state index in [1.165, 1.54) is 4.90 Å². The van der Waals surface area contributed by atoms with Gasteiger partial charge in [-0.1, -0.05) is 30.3 Å². The Morgan fingerprint density at radius 2 is 2.08 bits per heavy atom. The van der Waals surface area contributed by atoms with E-state index in [9.17, 15) is 4.79 Å².